The number of benzene rings is 1. The third-order valence-electron chi connectivity index (χ3n) is 7.17. The fraction of sp³-hybridized carbons (Fsp3) is 0.545. The first-order valence-electron chi connectivity index (χ1n) is 10.9. The van der Waals surface area contributed by atoms with Crippen LogP contribution in [0.4, 0.5) is 0 Å². The number of hydrogen-bond acceptors (Lipinski definition) is 6. The van der Waals surface area contributed by atoms with E-state index in [9.17, 15) is 18.0 Å². The molecule has 5 rings (SSSR count). The highest BCUT2D eigenvalue weighted by Crippen LogP contribution is 2.51. The van der Waals surface area contributed by atoms with E-state index in [2.05, 4.69) is 0 Å². The molecule has 31 heavy (non-hydrogen) atoms. The van der Waals surface area contributed by atoms with Crippen LogP contribution in [0.2, 0.25) is 0 Å². The summed E-state index contributed by atoms with van der Waals surface area (Å²) >= 11 is 0. The fourth-order valence-electron chi connectivity index (χ4n) is 5.19. The predicted octanol–water partition coefficient (Wildman–Crippen LogP) is 1.95. The minimum Gasteiger partial charge on any atom is -0.444 e. The van der Waals surface area contributed by atoms with E-state index >= 15 is 0 Å². The Labute approximate surface area is 181 Å². The van der Waals surface area contributed by atoms with Gasteiger partial charge in [-0.1, -0.05) is 18.9 Å². The average molecular weight is 446 g/mol. The van der Waals surface area contributed by atoms with Crippen molar-refractivity contribution in [1.82, 2.24) is 8.87 Å². The topological polar surface area (TPSA) is 112 Å². The number of rotatable bonds is 5. The second kappa shape index (κ2) is 7.43. The van der Waals surface area contributed by atoms with Gasteiger partial charge in [0.1, 0.15) is 0 Å². The monoisotopic (exact) mass is 445 g/mol. The van der Waals surface area contributed by atoms with Gasteiger partial charge in [-0.05, 0) is 50.3 Å². The first-order chi connectivity index (χ1) is 14.8. The summed E-state index contributed by atoms with van der Waals surface area (Å²) in [5.74, 6) is -0.365. The van der Waals surface area contributed by atoms with Gasteiger partial charge in [-0.15, -0.1) is 0 Å². The molecule has 2 aliphatic carbocycles. The fourth-order valence-corrected chi connectivity index (χ4v) is 7.27. The summed E-state index contributed by atoms with van der Waals surface area (Å²) in [4.78, 5) is 25.3. The summed E-state index contributed by atoms with van der Waals surface area (Å²) in [6.07, 6.45) is 7.39. The van der Waals surface area contributed by atoms with Gasteiger partial charge in [-0.2, -0.15) is 4.31 Å². The number of carbonyl (C=O) groups is 1. The first kappa shape index (κ1) is 20.7. The van der Waals surface area contributed by atoms with Gasteiger partial charge < -0.3 is 10.5 Å². The lowest BCUT2D eigenvalue weighted by atomic mass is 10.1. The highest BCUT2D eigenvalue weighted by Gasteiger charge is 2.60. The van der Waals surface area contributed by atoms with Crippen LogP contribution in [0.1, 0.15) is 44.9 Å². The predicted molar refractivity (Wildman–Crippen MR) is 115 cm³/mol. The molecule has 1 aliphatic heterocycles. The molecule has 1 atom stereocenters. The van der Waals surface area contributed by atoms with Crippen molar-refractivity contribution in [3.63, 3.8) is 0 Å². The molecule has 2 saturated carbocycles. The van der Waals surface area contributed by atoms with E-state index in [0.29, 0.717) is 18.4 Å². The van der Waals surface area contributed by atoms with Gasteiger partial charge in [0.15, 0.2) is 6.73 Å². The van der Waals surface area contributed by atoms with Crippen LogP contribution in [0.25, 0.3) is 10.8 Å². The molecular weight excluding hydrogens is 418 g/mol. The van der Waals surface area contributed by atoms with Crippen molar-refractivity contribution >= 4 is 26.8 Å². The Balaban J connectivity index is 1.46. The van der Waals surface area contributed by atoms with Gasteiger partial charge in [-0.25, -0.2) is 8.42 Å². The van der Waals surface area contributed by atoms with Crippen molar-refractivity contribution < 1.29 is 17.9 Å². The summed E-state index contributed by atoms with van der Waals surface area (Å²) < 4.78 is 35.2. The maximum Gasteiger partial charge on any atom is 0.310 e. The second-order valence-electron chi connectivity index (χ2n) is 8.96. The molecule has 1 aromatic heterocycles. The number of hydrogen-bond donors (Lipinski definition) is 1. The first-order valence-corrected chi connectivity index (χ1v) is 12.4. The summed E-state index contributed by atoms with van der Waals surface area (Å²) in [6.45, 7) is 0.221. The molecule has 2 aromatic rings. The Bertz CT molecular complexity index is 1200. The van der Waals surface area contributed by atoms with Crippen molar-refractivity contribution in [2.24, 2.45) is 11.7 Å². The molecule has 166 valence electrons. The van der Waals surface area contributed by atoms with E-state index in [1.54, 1.807) is 24.3 Å². The molecule has 9 heteroatoms. The minimum absolute atomic E-state index is 0.0884. The quantitative estimate of drug-likeness (QED) is 0.704. The van der Waals surface area contributed by atoms with E-state index in [-0.39, 0.29) is 40.5 Å². The van der Waals surface area contributed by atoms with E-state index in [0.717, 1.165) is 38.5 Å². The Hall–Kier alpha value is -2.23. The van der Waals surface area contributed by atoms with Crippen LogP contribution < -0.4 is 11.3 Å². The number of sulfonamides is 1. The summed E-state index contributed by atoms with van der Waals surface area (Å²) in [5, 5.41) is 0.663. The molecule has 2 N–H and O–H groups in total. The molecule has 0 amide bonds. The standard InChI is InChI=1S/C22H27N3O5S/c23-19-9-13-25(22(19)10-11-22)31(28,29)18-7-3-6-17-16(18)8-12-24(20(17)26)14-30-21(27)15-4-1-2-5-15/h3,6-8,12,15,19H,1-2,4-5,9-11,13-14,23H2. The zero-order valence-corrected chi connectivity index (χ0v) is 18.1. The van der Waals surface area contributed by atoms with Gasteiger partial charge in [0.05, 0.1) is 16.4 Å². The molecule has 1 unspecified atom stereocenters. The number of nitrogens with two attached hydrogens (primary N) is 1. The van der Waals surface area contributed by atoms with Crippen LogP contribution in [-0.2, 0) is 26.3 Å². The third kappa shape index (κ3) is 3.30. The molecule has 3 fully saturated rings. The van der Waals surface area contributed by atoms with E-state index in [1.165, 1.54) is 15.1 Å². The number of nitrogens with zero attached hydrogens (tertiary/aromatic N) is 2. The SMILES string of the molecule is NC1CCN(S(=O)(=O)c2cccc3c(=O)n(COC(=O)C4CCCC4)ccc23)C12CC2. The zero-order valence-electron chi connectivity index (χ0n) is 17.3. The molecule has 2 heterocycles. The number of pyridine rings is 1. The Morgan fingerprint density at radius 2 is 1.87 bits per heavy atom. The van der Waals surface area contributed by atoms with E-state index in [4.69, 9.17) is 10.5 Å². The molecule has 1 saturated heterocycles. The largest absolute Gasteiger partial charge is 0.444 e. The van der Waals surface area contributed by atoms with Crippen LogP contribution in [0, 0.1) is 5.92 Å². The van der Waals surface area contributed by atoms with Crippen LogP contribution in [0.3, 0.4) is 0 Å². The molecule has 8 nitrogen and oxygen atoms in total. The Morgan fingerprint density at radius 3 is 2.58 bits per heavy atom. The van der Waals surface area contributed by atoms with Gasteiger partial charge in [-0.3, -0.25) is 14.2 Å². The highest BCUT2D eigenvalue weighted by atomic mass is 32.2. The maximum absolute atomic E-state index is 13.5. The smallest absolute Gasteiger partial charge is 0.310 e. The van der Waals surface area contributed by atoms with Crippen LogP contribution in [0.5, 0.6) is 0 Å². The van der Waals surface area contributed by atoms with Crippen LogP contribution in [0.15, 0.2) is 40.2 Å². The van der Waals surface area contributed by atoms with Crippen molar-refractivity contribution in [2.45, 2.75) is 68.2 Å². The molecule has 1 aromatic carbocycles. The average Bonchev–Trinajstić information content (AvgIpc) is 3.21. The summed E-state index contributed by atoms with van der Waals surface area (Å²) in [6, 6.07) is 6.20. The van der Waals surface area contributed by atoms with Gasteiger partial charge >= 0.3 is 5.97 Å². The molecule has 1 spiro atoms. The summed E-state index contributed by atoms with van der Waals surface area (Å²) in [7, 11) is -3.79. The molecule has 0 radical (unpaired) electrons. The van der Waals surface area contributed by atoms with E-state index < -0.39 is 15.6 Å². The summed E-state index contributed by atoms with van der Waals surface area (Å²) in [5.41, 5.74) is 5.35. The van der Waals surface area contributed by atoms with Crippen molar-refractivity contribution in [1.29, 1.82) is 0 Å². The second-order valence-corrected chi connectivity index (χ2v) is 10.8. The van der Waals surface area contributed by atoms with Crippen molar-refractivity contribution in [3.05, 3.63) is 40.8 Å². The van der Waals surface area contributed by atoms with Crippen molar-refractivity contribution in [2.75, 3.05) is 6.54 Å². The lowest BCUT2D eigenvalue weighted by Gasteiger charge is -2.26. The van der Waals surface area contributed by atoms with Crippen molar-refractivity contribution in [3.8, 4) is 0 Å². The number of fused-ring (bicyclic) bond motifs is 1. The number of carbonyl (C=O) groups excluding carboxylic acids is 1. The van der Waals surface area contributed by atoms with Crippen LogP contribution >= 0.6 is 0 Å². The molecule has 0 bridgehead atoms. The van der Waals surface area contributed by atoms with Gasteiger partial charge in [0, 0.05) is 29.6 Å². The minimum atomic E-state index is -3.79. The van der Waals surface area contributed by atoms with E-state index in [1.807, 2.05) is 0 Å². The van der Waals surface area contributed by atoms with Crippen LogP contribution in [-0.4, -0.2) is 41.4 Å². The number of esters is 1. The third-order valence-corrected chi connectivity index (χ3v) is 9.21. The highest BCUT2D eigenvalue weighted by molar-refractivity contribution is 7.89. The normalized spacial score (nSPS) is 23.6. The van der Waals surface area contributed by atoms with Gasteiger partial charge in [0.2, 0.25) is 10.0 Å². The lowest BCUT2D eigenvalue weighted by Crippen LogP contribution is -2.44. The van der Waals surface area contributed by atoms with Gasteiger partial charge in [0.25, 0.3) is 5.56 Å². The zero-order chi connectivity index (χ0) is 21.8. The number of aromatic nitrogens is 1. The number of ether oxygens (including phenoxy) is 1. The maximum atomic E-state index is 13.5. The molecule has 3 aliphatic rings. The lowest BCUT2D eigenvalue weighted by molar-refractivity contribution is -0.152. The Morgan fingerprint density at radius 1 is 1.13 bits per heavy atom. The Kier molecular flexibility index (Phi) is 4.95. The molecular formula is C22H27N3O5S.